The zero-order valence-corrected chi connectivity index (χ0v) is 16.1. The Hall–Kier alpha value is -2.68. The van der Waals surface area contributed by atoms with E-state index in [4.69, 9.17) is 14.2 Å². The molecular weight excluding hydrogens is 449 g/mol. The third kappa shape index (κ3) is 4.10. The number of ether oxygens (including phenoxy) is 3. The van der Waals surface area contributed by atoms with Gasteiger partial charge in [0, 0.05) is 16.1 Å². The van der Waals surface area contributed by atoms with Gasteiger partial charge in [0.1, 0.15) is 0 Å². The lowest BCUT2D eigenvalue weighted by molar-refractivity contribution is -0.132. The molecule has 1 aliphatic rings. The van der Waals surface area contributed by atoms with Gasteiger partial charge in [-0.1, -0.05) is 12.1 Å². The van der Waals surface area contributed by atoms with Crippen LogP contribution in [0.25, 0.3) is 6.08 Å². The van der Waals surface area contributed by atoms with E-state index >= 15 is 0 Å². The topological polar surface area (TPSA) is 74.2 Å². The number of cyclic esters (lactones) is 1. The van der Waals surface area contributed by atoms with E-state index in [2.05, 4.69) is 27.6 Å². The van der Waals surface area contributed by atoms with Crippen molar-refractivity contribution in [3.05, 3.63) is 62.9 Å². The summed E-state index contributed by atoms with van der Waals surface area (Å²) >= 11 is 2.18. The average Bonchev–Trinajstić information content (AvgIpc) is 2.96. The van der Waals surface area contributed by atoms with Crippen LogP contribution in [0.15, 0.2) is 53.2 Å². The molecule has 0 fully saturated rings. The number of rotatable bonds is 4. The molecule has 0 N–H and O–H groups in total. The molecule has 2 aromatic rings. The Balaban J connectivity index is 1.92. The van der Waals surface area contributed by atoms with Gasteiger partial charge < -0.3 is 14.2 Å². The highest BCUT2D eigenvalue weighted by molar-refractivity contribution is 14.1. The van der Waals surface area contributed by atoms with Gasteiger partial charge in [0.15, 0.2) is 17.2 Å². The number of carbonyl (C=O) groups is 2. The predicted octanol–water partition coefficient (Wildman–Crippen LogP) is 3.57. The summed E-state index contributed by atoms with van der Waals surface area (Å²) < 4.78 is 16.6. The first kappa shape index (κ1) is 18.1. The van der Waals surface area contributed by atoms with Crippen LogP contribution in [0, 0.1) is 3.57 Å². The van der Waals surface area contributed by atoms with Crippen molar-refractivity contribution in [2.75, 3.05) is 7.11 Å². The van der Waals surface area contributed by atoms with E-state index in [1.54, 1.807) is 24.3 Å². The van der Waals surface area contributed by atoms with Crippen LogP contribution in [0.4, 0.5) is 0 Å². The molecule has 0 amide bonds. The van der Waals surface area contributed by atoms with Gasteiger partial charge in [0.05, 0.1) is 7.11 Å². The van der Waals surface area contributed by atoms with E-state index in [0.29, 0.717) is 17.1 Å². The molecule has 2 aromatic carbocycles. The molecule has 0 spiro atoms. The summed E-state index contributed by atoms with van der Waals surface area (Å²) in [6, 6.07) is 12.5. The maximum Gasteiger partial charge on any atom is 0.363 e. The number of nitrogens with zero attached hydrogens (tertiary/aromatic N) is 1. The molecule has 0 radical (unpaired) electrons. The Morgan fingerprint density at radius 2 is 2.00 bits per heavy atom. The molecule has 132 valence electrons. The molecule has 7 heteroatoms. The quantitative estimate of drug-likeness (QED) is 0.300. The largest absolute Gasteiger partial charge is 0.493 e. The molecule has 0 aliphatic carbocycles. The average molecular weight is 463 g/mol. The van der Waals surface area contributed by atoms with Crippen molar-refractivity contribution in [3.8, 4) is 11.5 Å². The number of aliphatic imine (C=N–C) groups is 1. The van der Waals surface area contributed by atoms with E-state index in [1.165, 1.54) is 14.0 Å². The first-order valence-corrected chi connectivity index (χ1v) is 8.69. The normalized spacial score (nSPS) is 14.8. The number of hydrogen-bond donors (Lipinski definition) is 0. The third-order valence-corrected chi connectivity index (χ3v) is 4.11. The second kappa shape index (κ2) is 7.69. The van der Waals surface area contributed by atoms with Crippen molar-refractivity contribution in [2.45, 2.75) is 6.92 Å². The second-order valence-electron chi connectivity index (χ2n) is 5.35. The SMILES string of the molecule is COc1cc(C=C2N=C(c3cccc(I)c3)OC2=O)ccc1OC(C)=O. The van der Waals surface area contributed by atoms with Gasteiger partial charge in [-0.15, -0.1) is 0 Å². The Labute approximate surface area is 163 Å². The molecule has 1 heterocycles. The van der Waals surface area contributed by atoms with Crippen LogP contribution in [0.5, 0.6) is 11.5 Å². The van der Waals surface area contributed by atoms with Crippen LogP contribution in [-0.4, -0.2) is 24.9 Å². The fourth-order valence-corrected chi connectivity index (χ4v) is 2.87. The van der Waals surface area contributed by atoms with E-state index in [1.807, 2.05) is 24.3 Å². The molecule has 0 bridgehead atoms. The molecule has 0 saturated carbocycles. The molecule has 0 atom stereocenters. The number of benzene rings is 2. The summed E-state index contributed by atoms with van der Waals surface area (Å²) in [4.78, 5) is 27.5. The fraction of sp³-hybridized carbons (Fsp3) is 0.105. The van der Waals surface area contributed by atoms with Gasteiger partial charge in [0.25, 0.3) is 0 Å². The molecule has 3 rings (SSSR count). The standard InChI is InChI=1S/C19H14INO5/c1-11(22)25-16-7-6-12(9-17(16)24-2)8-15-19(23)26-18(21-15)13-4-3-5-14(20)10-13/h3-10H,1-2H3. The van der Waals surface area contributed by atoms with Crippen LogP contribution in [0.3, 0.4) is 0 Å². The molecule has 0 unspecified atom stereocenters. The van der Waals surface area contributed by atoms with Crippen molar-refractivity contribution >= 4 is 46.5 Å². The highest BCUT2D eigenvalue weighted by atomic mass is 127. The molecule has 26 heavy (non-hydrogen) atoms. The molecule has 6 nitrogen and oxygen atoms in total. The highest BCUT2D eigenvalue weighted by Gasteiger charge is 2.24. The Morgan fingerprint density at radius 3 is 2.69 bits per heavy atom. The molecule has 1 aliphatic heterocycles. The van der Waals surface area contributed by atoms with Crippen molar-refractivity contribution in [1.29, 1.82) is 0 Å². The van der Waals surface area contributed by atoms with Gasteiger partial charge in [-0.25, -0.2) is 9.79 Å². The van der Waals surface area contributed by atoms with Crippen molar-refractivity contribution < 1.29 is 23.8 Å². The van der Waals surface area contributed by atoms with E-state index < -0.39 is 11.9 Å². The summed E-state index contributed by atoms with van der Waals surface area (Å²) in [7, 11) is 1.47. The van der Waals surface area contributed by atoms with Crippen LogP contribution in [-0.2, 0) is 14.3 Å². The number of carbonyl (C=O) groups excluding carboxylic acids is 2. The number of halogens is 1. The fourth-order valence-electron chi connectivity index (χ4n) is 2.33. The van der Waals surface area contributed by atoms with Gasteiger partial charge in [-0.2, -0.15) is 0 Å². The zero-order chi connectivity index (χ0) is 18.7. The molecule has 0 aromatic heterocycles. The minimum absolute atomic E-state index is 0.182. The summed E-state index contributed by atoms with van der Waals surface area (Å²) in [5, 5.41) is 0. The van der Waals surface area contributed by atoms with Crippen LogP contribution in [0.1, 0.15) is 18.1 Å². The van der Waals surface area contributed by atoms with E-state index in [-0.39, 0.29) is 11.6 Å². The second-order valence-corrected chi connectivity index (χ2v) is 6.60. The van der Waals surface area contributed by atoms with Gasteiger partial charge in [-0.05, 0) is 64.6 Å². The number of methoxy groups -OCH3 is 1. The Kier molecular flexibility index (Phi) is 5.36. The van der Waals surface area contributed by atoms with Gasteiger partial charge in [0.2, 0.25) is 5.90 Å². The summed E-state index contributed by atoms with van der Waals surface area (Å²) in [6.07, 6.45) is 1.59. The number of hydrogen-bond acceptors (Lipinski definition) is 6. The van der Waals surface area contributed by atoms with E-state index in [9.17, 15) is 9.59 Å². The lowest BCUT2D eigenvalue weighted by atomic mass is 10.1. The van der Waals surface area contributed by atoms with Gasteiger partial charge >= 0.3 is 11.9 Å². The molecular formula is C19H14INO5. The maximum absolute atomic E-state index is 12.1. The minimum atomic E-state index is -0.526. The zero-order valence-electron chi connectivity index (χ0n) is 14.0. The van der Waals surface area contributed by atoms with Crippen molar-refractivity contribution in [1.82, 2.24) is 0 Å². The maximum atomic E-state index is 12.1. The Morgan fingerprint density at radius 1 is 1.19 bits per heavy atom. The Bertz CT molecular complexity index is 949. The summed E-state index contributed by atoms with van der Waals surface area (Å²) in [5.41, 5.74) is 1.58. The van der Waals surface area contributed by atoms with Crippen LogP contribution < -0.4 is 9.47 Å². The van der Waals surface area contributed by atoms with E-state index in [0.717, 1.165) is 9.13 Å². The van der Waals surface area contributed by atoms with Crippen LogP contribution >= 0.6 is 22.6 Å². The summed E-state index contributed by atoms with van der Waals surface area (Å²) in [5.74, 6) is -0.0207. The van der Waals surface area contributed by atoms with Crippen molar-refractivity contribution in [2.24, 2.45) is 4.99 Å². The first-order chi connectivity index (χ1) is 12.5. The highest BCUT2D eigenvalue weighted by Crippen LogP contribution is 2.30. The molecule has 0 saturated heterocycles. The predicted molar refractivity (Wildman–Crippen MR) is 104 cm³/mol. The van der Waals surface area contributed by atoms with Crippen LogP contribution in [0.2, 0.25) is 0 Å². The monoisotopic (exact) mass is 463 g/mol. The first-order valence-electron chi connectivity index (χ1n) is 7.61. The smallest absolute Gasteiger partial charge is 0.363 e. The lowest BCUT2D eigenvalue weighted by Crippen LogP contribution is -2.05. The lowest BCUT2D eigenvalue weighted by Gasteiger charge is -2.08. The van der Waals surface area contributed by atoms with Gasteiger partial charge in [-0.3, -0.25) is 4.79 Å². The van der Waals surface area contributed by atoms with Crippen molar-refractivity contribution in [3.63, 3.8) is 0 Å². The summed E-state index contributed by atoms with van der Waals surface area (Å²) in [6.45, 7) is 1.31. The number of esters is 2. The minimum Gasteiger partial charge on any atom is -0.493 e. The third-order valence-electron chi connectivity index (χ3n) is 3.44.